The van der Waals surface area contributed by atoms with Crippen LogP contribution in [-0.4, -0.2) is 38.9 Å². The van der Waals surface area contributed by atoms with Crippen molar-refractivity contribution in [1.29, 1.82) is 0 Å². The van der Waals surface area contributed by atoms with E-state index in [1.807, 2.05) is 34.5 Å². The summed E-state index contributed by atoms with van der Waals surface area (Å²) >= 11 is 1.95. The molecule has 0 aliphatic carbocycles. The maximum absolute atomic E-state index is 12.4. The van der Waals surface area contributed by atoms with Crippen molar-refractivity contribution in [3.63, 3.8) is 0 Å². The number of rotatable bonds is 5. The van der Waals surface area contributed by atoms with Crippen molar-refractivity contribution in [1.82, 2.24) is 14.7 Å². The summed E-state index contributed by atoms with van der Waals surface area (Å²) in [6.07, 6.45) is 5.29. The summed E-state index contributed by atoms with van der Waals surface area (Å²) in [4.78, 5) is 15.8. The van der Waals surface area contributed by atoms with Crippen LogP contribution in [-0.2, 0) is 18.3 Å². The van der Waals surface area contributed by atoms with Crippen LogP contribution in [0.15, 0.2) is 41.4 Å². The van der Waals surface area contributed by atoms with E-state index in [4.69, 9.17) is 0 Å². The Bertz CT molecular complexity index is 672. The van der Waals surface area contributed by atoms with Gasteiger partial charge in [-0.25, -0.2) is 0 Å². The number of aryl methyl sites for hydroxylation is 3. The Kier molecular flexibility index (Phi) is 5.61. The van der Waals surface area contributed by atoms with Crippen molar-refractivity contribution >= 4 is 17.7 Å². The zero-order valence-corrected chi connectivity index (χ0v) is 15.3. The van der Waals surface area contributed by atoms with Gasteiger partial charge >= 0.3 is 0 Å². The minimum atomic E-state index is 0.273. The molecule has 2 aromatic rings. The summed E-state index contributed by atoms with van der Waals surface area (Å²) in [5, 5.41) is 4.77. The first kappa shape index (κ1) is 17.1. The SMILES string of the molecule is Cc1ccc(SC2CCN(C(=O)CCc3ccnn3C)CC2)cc1. The molecule has 0 atom stereocenters. The van der Waals surface area contributed by atoms with E-state index in [0.29, 0.717) is 11.7 Å². The Morgan fingerprint density at radius 1 is 1.21 bits per heavy atom. The number of carbonyl (C=O) groups is 1. The lowest BCUT2D eigenvalue weighted by Gasteiger charge is -2.31. The molecule has 3 rings (SSSR count). The molecule has 1 amide bonds. The summed E-state index contributed by atoms with van der Waals surface area (Å²) in [6.45, 7) is 3.88. The second-order valence-corrected chi connectivity index (χ2v) is 7.83. The molecule has 0 radical (unpaired) electrons. The van der Waals surface area contributed by atoms with Crippen molar-refractivity contribution in [2.24, 2.45) is 7.05 Å². The van der Waals surface area contributed by atoms with Crippen molar-refractivity contribution in [2.75, 3.05) is 13.1 Å². The number of thioether (sulfide) groups is 1. The Morgan fingerprint density at radius 2 is 1.92 bits per heavy atom. The van der Waals surface area contributed by atoms with Gasteiger partial charge in [0.25, 0.3) is 0 Å². The third kappa shape index (κ3) is 4.41. The quantitative estimate of drug-likeness (QED) is 0.835. The maximum Gasteiger partial charge on any atom is 0.222 e. The van der Waals surface area contributed by atoms with E-state index in [1.54, 1.807) is 6.20 Å². The van der Waals surface area contributed by atoms with E-state index in [9.17, 15) is 4.79 Å². The number of piperidine rings is 1. The van der Waals surface area contributed by atoms with E-state index in [2.05, 4.69) is 36.3 Å². The Balaban J connectivity index is 1.43. The third-order valence-corrected chi connectivity index (χ3v) is 5.98. The van der Waals surface area contributed by atoms with Gasteiger partial charge in [0, 0.05) is 48.6 Å². The van der Waals surface area contributed by atoms with Crippen LogP contribution in [0.4, 0.5) is 0 Å². The van der Waals surface area contributed by atoms with Gasteiger partial charge in [-0.2, -0.15) is 5.10 Å². The van der Waals surface area contributed by atoms with E-state index in [0.717, 1.165) is 38.0 Å². The lowest BCUT2D eigenvalue weighted by molar-refractivity contribution is -0.131. The lowest BCUT2D eigenvalue weighted by atomic mass is 10.1. The number of carbonyl (C=O) groups excluding carboxylic acids is 1. The molecule has 1 fully saturated rings. The van der Waals surface area contributed by atoms with E-state index >= 15 is 0 Å². The number of aromatic nitrogens is 2. The number of amides is 1. The largest absolute Gasteiger partial charge is 0.343 e. The topological polar surface area (TPSA) is 38.1 Å². The average Bonchev–Trinajstić information content (AvgIpc) is 3.00. The number of hydrogen-bond donors (Lipinski definition) is 0. The number of hydrogen-bond acceptors (Lipinski definition) is 3. The predicted molar refractivity (Wildman–Crippen MR) is 98.2 cm³/mol. The fourth-order valence-corrected chi connectivity index (χ4v) is 4.20. The summed E-state index contributed by atoms with van der Waals surface area (Å²) in [5.41, 5.74) is 2.42. The Morgan fingerprint density at radius 3 is 2.54 bits per heavy atom. The second-order valence-electron chi connectivity index (χ2n) is 6.46. The smallest absolute Gasteiger partial charge is 0.222 e. The van der Waals surface area contributed by atoms with Gasteiger partial charge in [0.1, 0.15) is 0 Å². The highest BCUT2D eigenvalue weighted by molar-refractivity contribution is 8.00. The first-order valence-electron chi connectivity index (χ1n) is 8.60. The average molecular weight is 343 g/mol. The zero-order valence-electron chi connectivity index (χ0n) is 14.4. The number of likely N-dealkylation sites (tertiary alicyclic amines) is 1. The monoisotopic (exact) mass is 343 g/mol. The van der Waals surface area contributed by atoms with Gasteiger partial charge < -0.3 is 4.90 Å². The first-order valence-corrected chi connectivity index (χ1v) is 9.48. The fourth-order valence-electron chi connectivity index (χ4n) is 3.07. The Labute approximate surface area is 148 Å². The van der Waals surface area contributed by atoms with E-state index in [1.165, 1.54) is 10.5 Å². The summed E-state index contributed by atoms with van der Waals surface area (Å²) in [7, 11) is 1.92. The summed E-state index contributed by atoms with van der Waals surface area (Å²) in [5.74, 6) is 0.273. The van der Waals surface area contributed by atoms with Crippen LogP contribution in [0.3, 0.4) is 0 Å². The minimum absolute atomic E-state index is 0.273. The maximum atomic E-state index is 12.4. The van der Waals surface area contributed by atoms with Gasteiger partial charge in [0.2, 0.25) is 5.91 Å². The molecule has 24 heavy (non-hydrogen) atoms. The van der Waals surface area contributed by atoms with E-state index < -0.39 is 0 Å². The highest BCUT2D eigenvalue weighted by Crippen LogP contribution is 2.30. The minimum Gasteiger partial charge on any atom is -0.343 e. The van der Waals surface area contributed by atoms with Crippen molar-refractivity contribution in [3.05, 3.63) is 47.8 Å². The normalized spacial score (nSPS) is 15.7. The number of nitrogens with zero attached hydrogens (tertiary/aromatic N) is 3. The van der Waals surface area contributed by atoms with Gasteiger partial charge in [0.05, 0.1) is 0 Å². The molecule has 0 bridgehead atoms. The van der Waals surface area contributed by atoms with Crippen molar-refractivity contribution in [3.8, 4) is 0 Å². The van der Waals surface area contributed by atoms with Crippen LogP contribution < -0.4 is 0 Å². The molecule has 0 N–H and O–H groups in total. The molecular formula is C19H25N3OS. The second kappa shape index (κ2) is 7.88. The lowest BCUT2D eigenvalue weighted by Crippen LogP contribution is -2.39. The fraction of sp³-hybridized carbons (Fsp3) is 0.474. The van der Waals surface area contributed by atoms with Crippen molar-refractivity contribution < 1.29 is 4.79 Å². The van der Waals surface area contributed by atoms with Crippen LogP contribution in [0.25, 0.3) is 0 Å². The van der Waals surface area contributed by atoms with Crippen molar-refractivity contribution in [2.45, 2.75) is 42.8 Å². The molecule has 1 aromatic heterocycles. The van der Waals surface area contributed by atoms with Crippen LogP contribution >= 0.6 is 11.8 Å². The molecule has 5 heteroatoms. The van der Waals surface area contributed by atoms with Crippen LogP contribution in [0.5, 0.6) is 0 Å². The Hall–Kier alpha value is -1.75. The van der Waals surface area contributed by atoms with Gasteiger partial charge in [-0.1, -0.05) is 17.7 Å². The van der Waals surface area contributed by atoms with Crippen LogP contribution in [0.2, 0.25) is 0 Å². The highest BCUT2D eigenvalue weighted by atomic mass is 32.2. The molecule has 1 saturated heterocycles. The molecule has 1 aromatic carbocycles. The molecule has 1 aliphatic rings. The van der Waals surface area contributed by atoms with Gasteiger partial charge in [-0.05, 0) is 44.4 Å². The van der Waals surface area contributed by atoms with Crippen LogP contribution in [0, 0.1) is 6.92 Å². The van der Waals surface area contributed by atoms with Crippen LogP contribution in [0.1, 0.15) is 30.5 Å². The molecule has 4 nitrogen and oxygen atoms in total. The highest BCUT2D eigenvalue weighted by Gasteiger charge is 2.23. The number of benzene rings is 1. The molecule has 2 heterocycles. The summed E-state index contributed by atoms with van der Waals surface area (Å²) in [6, 6.07) is 10.7. The summed E-state index contributed by atoms with van der Waals surface area (Å²) < 4.78 is 1.84. The van der Waals surface area contributed by atoms with Gasteiger partial charge in [-0.3, -0.25) is 9.48 Å². The molecule has 128 valence electrons. The molecule has 1 aliphatic heterocycles. The zero-order chi connectivity index (χ0) is 16.9. The van der Waals surface area contributed by atoms with Gasteiger partial charge in [0.15, 0.2) is 0 Å². The standard InChI is InChI=1S/C19H25N3OS/c1-15-3-6-17(7-4-15)24-18-10-13-22(14-11-18)19(23)8-5-16-9-12-20-21(16)2/h3-4,6-7,9,12,18H,5,8,10-11,13-14H2,1-2H3. The molecular weight excluding hydrogens is 318 g/mol. The van der Waals surface area contributed by atoms with E-state index in [-0.39, 0.29) is 5.91 Å². The predicted octanol–water partition coefficient (Wildman–Crippen LogP) is 3.44. The molecule has 0 unspecified atom stereocenters. The molecule has 0 saturated carbocycles. The van der Waals surface area contributed by atoms with Gasteiger partial charge in [-0.15, -0.1) is 11.8 Å². The first-order chi connectivity index (χ1) is 11.6. The third-order valence-electron chi connectivity index (χ3n) is 4.64. The molecule has 0 spiro atoms.